The number of carboxylic acid groups (broad SMARTS) is 1. The second-order valence-electron chi connectivity index (χ2n) is 4.31. The zero-order valence-corrected chi connectivity index (χ0v) is 10.4. The molecule has 1 aromatic rings. The summed E-state index contributed by atoms with van der Waals surface area (Å²) in [6, 6.07) is 2.57. The number of aromatic nitrogens is 1. The van der Waals surface area contributed by atoms with Gasteiger partial charge in [0.2, 0.25) is 0 Å². The highest BCUT2D eigenvalue weighted by Gasteiger charge is 2.35. The molecular weight excluding hydrogens is 250 g/mol. The Morgan fingerprint density at radius 3 is 2.95 bits per heavy atom. The first-order valence-electron chi connectivity index (χ1n) is 5.84. The normalized spacial score (nSPS) is 21.9. The number of rotatable bonds is 3. The van der Waals surface area contributed by atoms with E-state index < -0.39 is 17.9 Å². The van der Waals surface area contributed by atoms with E-state index in [1.165, 1.54) is 4.90 Å². The van der Waals surface area contributed by atoms with Crippen LogP contribution in [0.4, 0.5) is 10.5 Å². The van der Waals surface area contributed by atoms with Crippen LogP contribution in [0.15, 0.2) is 24.5 Å². The predicted molar refractivity (Wildman–Crippen MR) is 66.9 cm³/mol. The third-order valence-corrected chi connectivity index (χ3v) is 3.04. The molecule has 19 heavy (non-hydrogen) atoms. The first kappa shape index (κ1) is 13.3. The fourth-order valence-corrected chi connectivity index (χ4v) is 1.86. The Labute approximate surface area is 110 Å². The highest BCUT2D eigenvalue weighted by molar-refractivity contribution is 5.91. The van der Waals surface area contributed by atoms with Crippen molar-refractivity contribution in [3.8, 4) is 0 Å². The fourth-order valence-electron chi connectivity index (χ4n) is 1.86. The Balaban J connectivity index is 1.99. The molecule has 1 saturated heterocycles. The molecule has 1 aliphatic rings. The van der Waals surface area contributed by atoms with Crippen LogP contribution < -0.4 is 10.2 Å². The largest absolute Gasteiger partial charge is 0.481 e. The van der Waals surface area contributed by atoms with Crippen molar-refractivity contribution in [2.75, 3.05) is 25.2 Å². The second kappa shape index (κ2) is 5.66. The summed E-state index contributed by atoms with van der Waals surface area (Å²) in [6.45, 7) is 0.334. The van der Waals surface area contributed by atoms with Crippen molar-refractivity contribution in [2.45, 2.75) is 6.04 Å². The third kappa shape index (κ3) is 3.00. The standard InChI is InChI=1S/C12H15N3O4/c1-15(8-3-2-4-13-5-8)12(18)14-10-7-19-6-9(10)11(16)17/h2-5,9-10H,6-7H2,1H3,(H,14,18)(H,16,17). The van der Waals surface area contributed by atoms with Gasteiger partial charge in [0.15, 0.2) is 0 Å². The maximum atomic E-state index is 12.0. The maximum Gasteiger partial charge on any atom is 0.321 e. The molecule has 1 aliphatic heterocycles. The maximum absolute atomic E-state index is 12.0. The molecule has 2 heterocycles. The number of carbonyl (C=O) groups is 2. The summed E-state index contributed by atoms with van der Waals surface area (Å²) < 4.78 is 5.09. The number of ether oxygens (including phenoxy) is 1. The number of nitrogens with zero attached hydrogens (tertiary/aromatic N) is 2. The molecule has 7 nitrogen and oxygen atoms in total. The molecule has 2 amide bonds. The number of aliphatic carboxylic acids is 1. The molecular formula is C12H15N3O4. The van der Waals surface area contributed by atoms with Gasteiger partial charge in [0.25, 0.3) is 0 Å². The lowest BCUT2D eigenvalue weighted by Gasteiger charge is -2.22. The van der Waals surface area contributed by atoms with E-state index in [4.69, 9.17) is 9.84 Å². The van der Waals surface area contributed by atoms with Crippen LogP contribution in [0.3, 0.4) is 0 Å². The van der Waals surface area contributed by atoms with Crippen molar-refractivity contribution in [2.24, 2.45) is 5.92 Å². The van der Waals surface area contributed by atoms with Gasteiger partial charge in [0, 0.05) is 13.2 Å². The molecule has 1 fully saturated rings. The molecule has 0 aliphatic carbocycles. The van der Waals surface area contributed by atoms with Crippen LogP contribution in [0.5, 0.6) is 0 Å². The minimum Gasteiger partial charge on any atom is -0.481 e. The fraction of sp³-hybridized carbons (Fsp3) is 0.417. The molecule has 2 rings (SSSR count). The summed E-state index contributed by atoms with van der Waals surface area (Å²) >= 11 is 0. The second-order valence-corrected chi connectivity index (χ2v) is 4.31. The Hall–Kier alpha value is -2.15. The van der Waals surface area contributed by atoms with E-state index in [1.807, 2.05) is 0 Å². The lowest BCUT2D eigenvalue weighted by Crippen LogP contribution is -2.47. The first-order valence-corrected chi connectivity index (χ1v) is 5.84. The molecule has 0 spiro atoms. The monoisotopic (exact) mass is 265 g/mol. The van der Waals surface area contributed by atoms with E-state index >= 15 is 0 Å². The van der Waals surface area contributed by atoms with Crippen molar-refractivity contribution in [3.05, 3.63) is 24.5 Å². The van der Waals surface area contributed by atoms with E-state index in [1.54, 1.807) is 31.6 Å². The summed E-state index contributed by atoms with van der Waals surface area (Å²) in [5.41, 5.74) is 0.630. The zero-order valence-electron chi connectivity index (χ0n) is 10.4. The molecule has 0 aromatic carbocycles. The number of urea groups is 1. The van der Waals surface area contributed by atoms with Gasteiger partial charge in [-0.2, -0.15) is 0 Å². The Bertz CT molecular complexity index is 465. The predicted octanol–water partition coefficient (Wildman–Crippen LogP) is 0.327. The number of pyridine rings is 1. The van der Waals surface area contributed by atoms with E-state index in [2.05, 4.69) is 10.3 Å². The van der Waals surface area contributed by atoms with Gasteiger partial charge in [-0.1, -0.05) is 0 Å². The summed E-state index contributed by atoms with van der Waals surface area (Å²) in [7, 11) is 1.60. The minimum atomic E-state index is -0.966. The summed E-state index contributed by atoms with van der Waals surface area (Å²) in [5.74, 6) is -1.67. The Kier molecular flexibility index (Phi) is 3.96. The van der Waals surface area contributed by atoms with Gasteiger partial charge in [-0.25, -0.2) is 4.79 Å². The molecule has 1 aromatic heterocycles. The van der Waals surface area contributed by atoms with Crippen molar-refractivity contribution < 1.29 is 19.4 Å². The lowest BCUT2D eigenvalue weighted by molar-refractivity contribution is -0.142. The van der Waals surface area contributed by atoms with Crippen LogP contribution in [0.1, 0.15) is 0 Å². The highest BCUT2D eigenvalue weighted by atomic mass is 16.5. The lowest BCUT2D eigenvalue weighted by atomic mass is 10.0. The van der Waals surface area contributed by atoms with Crippen molar-refractivity contribution in [3.63, 3.8) is 0 Å². The quantitative estimate of drug-likeness (QED) is 0.821. The van der Waals surface area contributed by atoms with Crippen LogP contribution in [0, 0.1) is 5.92 Å². The minimum absolute atomic E-state index is 0.122. The van der Waals surface area contributed by atoms with E-state index in [-0.39, 0.29) is 19.2 Å². The SMILES string of the molecule is CN(C(=O)NC1COCC1C(=O)O)c1cccnc1. The summed E-state index contributed by atoms with van der Waals surface area (Å²) in [6.07, 6.45) is 3.17. The molecule has 0 saturated carbocycles. The van der Waals surface area contributed by atoms with E-state index in [0.717, 1.165) is 0 Å². The average molecular weight is 265 g/mol. The molecule has 2 atom stereocenters. The highest BCUT2D eigenvalue weighted by Crippen LogP contribution is 2.15. The number of nitrogens with one attached hydrogen (secondary N) is 1. The van der Waals surface area contributed by atoms with Gasteiger partial charge in [0.1, 0.15) is 5.92 Å². The Morgan fingerprint density at radius 2 is 2.32 bits per heavy atom. The molecule has 0 bridgehead atoms. The van der Waals surface area contributed by atoms with E-state index in [9.17, 15) is 9.59 Å². The number of hydrogen-bond acceptors (Lipinski definition) is 4. The molecule has 102 valence electrons. The molecule has 2 unspecified atom stereocenters. The number of anilines is 1. The smallest absolute Gasteiger partial charge is 0.321 e. The van der Waals surface area contributed by atoms with Gasteiger partial charge in [-0.3, -0.25) is 14.7 Å². The number of hydrogen-bond donors (Lipinski definition) is 2. The van der Waals surface area contributed by atoms with Crippen LogP contribution >= 0.6 is 0 Å². The van der Waals surface area contributed by atoms with Gasteiger partial charge < -0.3 is 15.2 Å². The number of carboxylic acids is 1. The summed E-state index contributed by atoms with van der Waals surface area (Å²) in [4.78, 5) is 28.3. The molecule has 0 radical (unpaired) electrons. The van der Waals surface area contributed by atoms with Crippen molar-refractivity contribution in [1.29, 1.82) is 0 Å². The van der Waals surface area contributed by atoms with Gasteiger partial charge in [-0.05, 0) is 12.1 Å². The number of carbonyl (C=O) groups excluding carboxylic acids is 1. The van der Waals surface area contributed by atoms with Crippen LogP contribution in [-0.4, -0.2) is 48.4 Å². The molecule has 2 N–H and O–H groups in total. The molecule has 7 heteroatoms. The van der Waals surface area contributed by atoms with Gasteiger partial charge in [-0.15, -0.1) is 0 Å². The van der Waals surface area contributed by atoms with E-state index in [0.29, 0.717) is 5.69 Å². The zero-order chi connectivity index (χ0) is 13.8. The average Bonchev–Trinajstić information content (AvgIpc) is 2.87. The van der Waals surface area contributed by atoms with Crippen LogP contribution in [0.25, 0.3) is 0 Å². The first-order chi connectivity index (χ1) is 9.09. The van der Waals surface area contributed by atoms with Crippen molar-refractivity contribution >= 4 is 17.7 Å². The van der Waals surface area contributed by atoms with Crippen molar-refractivity contribution in [1.82, 2.24) is 10.3 Å². The third-order valence-electron chi connectivity index (χ3n) is 3.04. The van der Waals surface area contributed by atoms with Gasteiger partial charge >= 0.3 is 12.0 Å². The van der Waals surface area contributed by atoms with Crippen LogP contribution in [0.2, 0.25) is 0 Å². The number of amides is 2. The summed E-state index contributed by atoms with van der Waals surface area (Å²) in [5, 5.41) is 11.7. The topological polar surface area (TPSA) is 91.8 Å². The van der Waals surface area contributed by atoms with Gasteiger partial charge in [0.05, 0.1) is 31.1 Å². The van der Waals surface area contributed by atoms with Crippen LogP contribution in [-0.2, 0) is 9.53 Å². The Morgan fingerprint density at radius 1 is 1.53 bits per heavy atom.